The highest BCUT2D eigenvalue weighted by Gasteiger charge is 2.67. The maximum Gasteiger partial charge on any atom is 0.264 e. The van der Waals surface area contributed by atoms with Gasteiger partial charge in [0.25, 0.3) is 5.91 Å². The molecule has 0 saturated carbocycles. The third-order valence-corrected chi connectivity index (χ3v) is 13.8. The summed E-state index contributed by atoms with van der Waals surface area (Å²) >= 11 is 0. The molecule has 0 bridgehead atoms. The molecule has 0 unspecified atom stereocenters. The molecule has 3 aromatic carbocycles. The summed E-state index contributed by atoms with van der Waals surface area (Å²) in [5.74, 6) is -0.415. The molecular formula is C39H46FN3O6Si. The molecule has 4 aliphatic rings. The molecule has 7 rings (SSSR count). The van der Waals surface area contributed by atoms with Gasteiger partial charge in [0, 0.05) is 42.2 Å². The fourth-order valence-corrected chi connectivity index (χ4v) is 11.4. The number of carbonyl (C=O) groups is 3. The van der Waals surface area contributed by atoms with Crippen molar-refractivity contribution < 1.29 is 33.1 Å². The average Bonchev–Trinajstić information content (AvgIpc) is 3.53. The maximum absolute atomic E-state index is 16.5. The number of aliphatic hydroxyl groups is 1. The molecule has 5 atom stereocenters. The molecule has 1 N–H and O–H groups in total. The molecule has 1 spiro atoms. The lowest BCUT2D eigenvalue weighted by Gasteiger charge is -2.37. The van der Waals surface area contributed by atoms with E-state index in [1.165, 1.54) is 0 Å². The minimum absolute atomic E-state index is 0.0982. The van der Waals surface area contributed by atoms with Gasteiger partial charge < -0.3 is 33.4 Å². The lowest BCUT2D eigenvalue weighted by Crippen LogP contribution is -2.48. The van der Waals surface area contributed by atoms with E-state index in [0.29, 0.717) is 42.9 Å². The Morgan fingerprint density at radius 2 is 1.80 bits per heavy atom. The van der Waals surface area contributed by atoms with Crippen LogP contribution in [-0.2, 0) is 44.2 Å². The monoisotopic (exact) mass is 699 g/mol. The standard InChI is InChI=1S/C39H46FN3O6Si/c1-25-37(50(3,4)40)34(21-36(46)42-23-28-10-6-5-9-27(28)19-30(42)24-44)49-39(25)32-20-31(48-2)16-17-33(32)43(38(39)47)22-26-12-14-29(15-13-26)41-18-8-7-11-35(41)45/h5-6,9-10,12-17,20,25,30,34,37,44H,7-8,11,18-19,21-24H2,1-4H3/t25-,30-,34+,37-,39+/m0/s1. The summed E-state index contributed by atoms with van der Waals surface area (Å²) in [6.07, 6.45) is 2.02. The van der Waals surface area contributed by atoms with E-state index in [1.54, 1.807) is 36.1 Å². The van der Waals surface area contributed by atoms with E-state index in [4.69, 9.17) is 9.47 Å². The quantitative estimate of drug-likeness (QED) is 0.233. The highest BCUT2D eigenvalue weighted by molar-refractivity contribution is 6.72. The molecule has 50 heavy (non-hydrogen) atoms. The number of hydrogen-bond acceptors (Lipinski definition) is 6. The van der Waals surface area contributed by atoms with E-state index in [0.717, 1.165) is 35.2 Å². The smallest absolute Gasteiger partial charge is 0.264 e. The van der Waals surface area contributed by atoms with Crippen LogP contribution in [0.15, 0.2) is 66.7 Å². The van der Waals surface area contributed by atoms with Crippen LogP contribution in [0.2, 0.25) is 18.6 Å². The van der Waals surface area contributed by atoms with Crippen molar-refractivity contribution in [3.63, 3.8) is 0 Å². The van der Waals surface area contributed by atoms with Crippen molar-refractivity contribution in [3.8, 4) is 5.75 Å². The van der Waals surface area contributed by atoms with Crippen LogP contribution < -0.4 is 14.5 Å². The Labute approximate surface area is 294 Å². The Morgan fingerprint density at radius 1 is 1.06 bits per heavy atom. The number of hydrogen-bond donors (Lipinski definition) is 1. The highest BCUT2D eigenvalue weighted by Crippen LogP contribution is 2.60. The zero-order valence-corrected chi connectivity index (χ0v) is 30.2. The van der Waals surface area contributed by atoms with Gasteiger partial charge in [0.2, 0.25) is 20.2 Å². The second kappa shape index (κ2) is 13.2. The minimum Gasteiger partial charge on any atom is -0.497 e. The number of carbonyl (C=O) groups excluding carboxylic acids is 3. The fourth-order valence-electron chi connectivity index (χ4n) is 8.88. The zero-order chi connectivity index (χ0) is 35.4. The summed E-state index contributed by atoms with van der Waals surface area (Å²) in [6, 6.07) is 20.7. The summed E-state index contributed by atoms with van der Waals surface area (Å²) in [6.45, 7) is 6.24. The topological polar surface area (TPSA) is 99.6 Å². The Kier molecular flexibility index (Phi) is 9.11. The number of nitrogens with zero attached hydrogens (tertiary/aromatic N) is 3. The van der Waals surface area contributed by atoms with Gasteiger partial charge in [-0.1, -0.05) is 43.3 Å². The van der Waals surface area contributed by atoms with Crippen LogP contribution in [0.25, 0.3) is 0 Å². The van der Waals surface area contributed by atoms with Crippen LogP contribution in [-0.4, -0.2) is 68.5 Å². The fraction of sp³-hybridized carbons (Fsp3) is 0.462. The Morgan fingerprint density at radius 3 is 2.48 bits per heavy atom. The van der Waals surface area contributed by atoms with Crippen molar-refractivity contribution in [3.05, 3.63) is 89.0 Å². The number of aliphatic hydroxyl groups excluding tert-OH is 1. The van der Waals surface area contributed by atoms with Gasteiger partial charge in [-0.2, -0.15) is 0 Å². The average molecular weight is 700 g/mol. The molecule has 2 saturated heterocycles. The Balaban J connectivity index is 1.20. The molecule has 0 radical (unpaired) electrons. The number of fused-ring (bicyclic) bond motifs is 3. The number of amides is 3. The van der Waals surface area contributed by atoms with Crippen molar-refractivity contribution in [1.82, 2.24) is 4.90 Å². The van der Waals surface area contributed by atoms with Gasteiger partial charge in [0.1, 0.15) is 5.75 Å². The van der Waals surface area contributed by atoms with Crippen LogP contribution in [0.5, 0.6) is 5.75 Å². The molecule has 0 aromatic heterocycles. The third kappa shape index (κ3) is 5.82. The van der Waals surface area contributed by atoms with E-state index in [2.05, 4.69) is 0 Å². The summed E-state index contributed by atoms with van der Waals surface area (Å²) in [7, 11) is -1.96. The molecule has 4 aliphatic heterocycles. The first-order valence-corrected chi connectivity index (χ1v) is 20.7. The number of benzene rings is 3. The SMILES string of the molecule is COc1ccc2c(c1)[C@@]1(O[C@H](CC(=O)N3Cc4ccccc4C[C@H]3CO)[C@@H]([Si](C)(C)F)[C@@H]1C)C(=O)N2Cc1ccc(N2CCCCC2=O)cc1. The molecule has 3 amide bonds. The molecule has 9 nitrogen and oxygen atoms in total. The van der Waals surface area contributed by atoms with Crippen molar-refractivity contribution in [2.75, 3.05) is 30.1 Å². The number of rotatable bonds is 8. The predicted octanol–water partition coefficient (Wildman–Crippen LogP) is 5.87. The van der Waals surface area contributed by atoms with E-state index < -0.39 is 37.6 Å². The first kappa shape index (κ1) is 34.4. The summed E-state index contributed by atoms with van der Waals surface area (Å²) in [5.41, 5.74) is 2.95. The van der Waals surface area contributed by atoms with Crippen molar-refractivity contribution in [1.29, 1.82) is 0 Å². The van der Waals surface area contributed by atoms with E-state index in [9.17, 15) is 19.5 Å². The van der Waals surface area contributed by atoms with Gasteiger partial charge in [-0.15, -0.1) is 0 Å². The Bertz CT molecular complexity index is 1800. The number of methoxy groups -OCH3 is 1. The molecule has 0 aliphatic carbocycles. The number of piperidine rings is 1. The summed E-state index contributed by atoms with van der Waals surface area (Å²) in [5, 5.41) is 10.3. The van der Waals surface area contributed by atoms with Crippen LogP contribution in [0.3, 0.4) is 0 Å². The van der Waals surface area contributed by atoms with Gasteiger partial charge >= 0.3 is 0 Å². The Hall–Kier alpha value is -4.06. The highest BCUT2D eigenvalue weighted by atomic mass is 28.4. The van der Waals surface area contributed by atoms with Gasteiger partial charge in [-0.05, 0) is 79.4 Å². The number of ether oxygens (including phenoxy) is 2. The number of anilines is 2. The molecular weight excluding hydrogens is 654 g/mol. The van der Waals surface area contributed by atoms with E-state index >= 15 is 4.11 Å². The lowest BCUT2D eigenvalue weighted by molar-refractivity contribution is -0.151. The lowest BCUT2D eigenvalue weighted by atomic mass is 9.82. The minimum atomic E-state index is -3.52. The molecule has 264 valence electrons. The van der Waals surface area contributed by atoms with Crippen LogP contribution >= 0.6 is 0 Å². The largest absolute Gasteiger partial charge is 0.497 e. The molecule has 4 heterocycles. The van der Waals surface area contributed by atoms with Gasteiger partial charge in [-0.25, -0.2) is 0 Å². The van der Waals surface area contributed by atoms with Crippen LogP contribution in [0.1, 0.15) is 54.9 Å². The molecule has 11 heteroatoms. The van der Waals surface area contributed by atoms with Crippen LogP contribution in [0.4, 0.5) is 15.5 Å². The van der Waals surface area contributed by atoms with Crippen molar-refractivity contribution in [2.24, 2.45) is 5.92 Å². The first-order chi connectivity index (χ1) is 24.0. The predicted molar refractivity (Wildman–Crippen MR) is 191 cm³/mol. The van der Waals surface area contributed by atoms with Gasteiger partial charge in [0.05, 0.1) is 44.5 Å². The third-order valence-electron chi connectivity index (χ3n) is 11.3. The van der Waals surface area contributed by atoms with E-state index in [1.807, 2.05) is 72.5 Å². The van der Waals surface area contributed by atoms with Crippen molar-refractivity contribution in [2.45, 2.75) is 88.5 Å². The zero-order valence-electron chi connectivity index (χ0n) is 29.2. The van der Waals surface area contributed by atoms with Crippen LogP contribution in [0, 0.1) is 5.92 Å². The van der Waals surface area contributed by atoms with Gasteiger partial charge in [-0.3, -0.25) is 14.4 Å². The van der Waals surface area contributed by atoms with Gasteiger partial charge in [0.15, 0.2) is 5.60 Å². The summed E-state index contributed by atoms with van der Waals surface area (Å²) in [4.78, 5) is 46.7. The van der Waals surface area contributed by atoms with E-state index in [-0.39, 0.29) is 37.3 Å². The normalized spacial score (nSPS) is 26.4. The number of halogens is 1. The second-order valence-corrected chi connectivity index (χ2v) is 18.5. The summed E-state index contributed by atoms with van der Waals surface area (Å²) < 4.78 is 29.0. The van der Waals surface area contributed by atoms with Crippen molar-refractivity contribution >= 4 is 37.5 Å². The first-order valence-electron chi connectivity index (χ1n) is 17.7. The second-order valence-electron chi connectivity index (χ2n) is 14.7. The molecule has 2 fully saturated rings. The molecule has 3 aromatic rings. The maximum atomic E-state index is 16.5.